The average molecular weight is 218 g/mol. The Morgan fingerprint density at radius 2 is 1.81 bits per heavy atom. The van der Waals surface area contributed by atoms with E-state index in [4.69, 9.17) is 4.74 Å². The van der Waals surface area contributed by atoms with Crippen LogP contribution in [0.15, 0.2) is 42.0 Å². The zero-order chi connectivity index (χ0) is 12.2. The minimum absolute atomic E-state index is 0.267. The molecule has 2 nitrogen and oxygen atoms in total. The summed E-state index contributed by atoms with van der Waals surface area (Å²) in [6.07, 6.45) is 1.75. The Balaban J connectivity index is 2.84. The highest BCUT2D eigenvalue weighted by Crippen LogP contribution is 2.25. The van der Waals surface area contributed by atoms with Crippen molar-refractivity contribution in [1.29, 1.82) is 0 Å². The molecule has 0 aromatic heterocycles. The van der Waals surface area contributed by atoms with Crippen LogP contribution < -0.4 is 0 Å². The van der Waals surface area contributed by atoms with Gasteiger partial charge in [-0.3, -0.25) is 0 Å². The molecule has 0 radical (unpaired) electrons. The van der Waals surface area contributed by atoms with Crippen molar-refractivity contribution in [3.05, 3.63) is 47.5 Å². The summed E-state index contributed by atoms with van der Waals surface area (Å²) >= 11 is 0. The normalized spacial score (nSPS) is 12.4. The van der Waals surface area contributed by atoms with Crippen LogP contribution in [0.3, 0.4) is 0 Å². The minimum atomic E-state index is -0.595. The van der Waals surface area contributed by atoms with Gasteiger partial charge in [-0.05, 0) is 33.3 Å². The van der Waals surface area contributed by atoms with Crippen LogP contribution in [0.4, 0.5) is 0 Å². The summed E-state index contributed by atoms with van der Waals surface area (Å²) in [7, 11) is 0. The number of benzene rings is 1. The molecule has 0 fully saturated rings. The maximum Gasteiger partial charge on any atom is 0.334 e. The van der Waals surface area contributed by atoms with Gasteiger partial charge in [0.25, 0.3) is 0 Å². The number of ether oxygens (including phenoxy) is 1. The van der Waals surface area contributed by atoms with Crippen LogP contribution in [0, 0.1) is 0 Å². The van der Waals surface area contributed by atoms with Crippen molar-refractivity contribution in [3.8, 4) is 0 Å². The molecule has 0 amide bonds. The molecule has 1 aromatic rings. The summed E-state index contributed by atoms with van der Waals surface area (Å²) in [5, 5.41) is 0. The molecule has 0 saturated heterocycles. The molecule has 0 N–H and O–H groups in total. The second kappa shape index (κ2) is 4.97. The van der Waals surface area contributed by atoms with E-state index in [1.807, 2.05) is 51.1 Å². The largest absolute Gasteiger partial charge is 0.451 e. The first kappa shape index (κ1) is 12.5. The van der Waals surface area contributed by atoms with Crippen LogP contribution in [-0.2, 0) is 15.1 Å². The van der Waals surface area contributed by atoms with Gasteiger partial charge < -0.3 is 4.74 Å². The number of carbonyl (C=O) groups excluding carboxylic acids is 1. The van der Waals surface area contributed by atoms with Crippen molar-refractivity contribution >= 4 is 5.97 Å². The molecular formula is C14H18O2. The quantitative estimate of drug-likeness (QED) is 0.574. The number of carbonyl (C=O) groups is 1. The predicted octanol–water partition coefficient (Wildman–Crippen LogP) is 3.43. The molecular weight excluding hydrogens is 200 g/mol. The molecule has 0 spiro atoms. The molecule has 0 saturated carbocycles. The molecule has 0 aliphatic carbocycles. The summed E-state index contributed by atoms with van der Waals surface area (Å²) in [6, 6.07) is 9.73. The maximum atomic E-state index is 11.7. The first-order valence-corrected chi connectivity index (χ1v) is 5.39. The lowest BCUT2D eigenvalue weighted by atomic mass is 9.98. The van der Waals surface area contributed by atoms with Crippen molar-refractivity contribution in [2.45, 2.75) is 33.3 Å². The van der Waals surface area contributed by atoms with Crippen molar-refractivity contribution in [2.24, 2.45) is 0 Å². The van der Waals surface area contributed by atoms with Gasteiger partial charge in [0.15, 0.2) is 0 Å². The zero-order valence-corrected chi connectivity index (χ0v) is 10.3. The molecule has 2 heteroatoms. The van der Waals surface area contributed by atoms with E-state index in [0.29, 0.717) is 5.57 Å². The first-order chi connectivity index (χ1) is 7.47. The molecule has 0 unspecified atom stereocenters. The van der Waals surface area contributed by atoms with E-state index in [1.165, 1.54) is 0 Å². The molecule has 86 valence electrons. The van der Waals surface area contributed by atoms with E-state index in [2.05, 4.69) is 0 Å². The van der Waals surface area contributed by atoms with Crippen LogP contribution in [0.25, 0.3) is 0 Å². The fourth-order valence-corrected chi connectivity index (χ4v) is 1.33. The van der Waals surface area contributed by atoms with Crippen LogP contribution >= 0.6 is 0 Å². The van der Waals surface area contributed by atoms with Crippen LogP contribution in [0.1, 0.15) is 33.3 Å². The SMILES string of the molecule is C/C=C(\C)C(=O)OC(C)(C)c1ccccc1. The predicted molar refractivity (Wildman–Crippen MR) is 65.0 cm³/mol. The second-order valence-corrected chi connectivity index (χ2v) is 4.24. The van der Waals surface area contributed by atoms with Gasteiger partial charge in [0.2, 0.25) is 0 Å². The number of hydrogen-bond acceptors (Lipinski definition) is 2. The summed E-state index contributed by atoms with van der Waals surface area (Å²) < 4.78 is 5.47. The summed E-state index contributed by atoms with van der Waals surface area (Å²) in [5.41, 5.74) is 1.03. The maximum absolute atomic E-state index is 11.7. The summed E-state index contributed by atoms with van der Waals surface area (Å²) in [5.74, 6) is -0.267. The summed E-state index contributed by atoms with van der Waals surface area (Å²) in [4.78, 5) is 11.7. The van der Waals surface area contributed by atoms with Gasteiger partial charge in [-0.25, -0.2) is 4.79 Å². The zero-order valence-electron chi connectivity index (χ0n) is 10.3. The van der Waals surface area contributed by atoms with Crippen molar-refractivity contribution in [2.75, 3.05) is 0 Å². The smallest absolute Gasteiger partial charge is 0.334 e. The van der Waals surface area contributed by atoms with Gasteiger partial charge >= 0.3 is 5.97 Å². The average Bonchev–Trinajstić information content (AvgIpc) is 2.28. The number of esters is 1. The Labute approximate surface area is 96.9 Å². The van der Waals surface area contributed by atoms with Gasteiger partial charge in [0.05, 0.1) is 0 Å². The Hall–Kier alpha value is -1.57. The molecule has 0 heterocycles. The van der Waals surface area contributed by atoms with Crippen LogP contribution in [0.2, 0.25) is 0 Å². The van der Waals surface area contributed by atoms with Crippen molar-refractivity contribution in [1.82, 2.24) is 0 Å². The number of hydrogen-bond donors (Lipinski definition) is 0. The van der Waals surface area contributed by atoms with E-state index < -0.39 is 5.60 Å². The summed E-state index contributed by atoms with van der Waals surface area (Å²) in [6.45, 7) is 7.36. The highest BCUT2D eigenvalue weighted by molar-refractivity contribution is 5.88. The van der Waals surface area contributed by atoms with Gasteiger partial charge in [0.1, 0.15) is 5.60 Å². The molecule has 0 bridgehead atoms. The molecule has 0 aliphatic heterocycles. The molecule has 1 rings (SSSR count). The van der Waals surface area contributed by atoms with Crippen molar-refractivity contribution < 1.29 is 9.53 Å². The van der Waals surface area contributed by atoms with Gasteiger partial charge in [-0.1, -0.05) is 36.4 Å². The lowest BCUT2D eigenvalue weighted by Crippen LogP contribution is -2.25. The fourth-order valence-electron chi connectivity index (χ4n) is 1.33. The Kier molecular flexibility index (Phi) is 3.88. The monoisotopic (exact) mass is 218 g/mol. The van der Waals surface area contributed by atoms with Crippen LogP contribution in [0.5, 0.6) is 0 Å². The third-order valence-corrected chi connectivity index (χ3v) is 2.57. The minimum Gasteiger partial charge on any atom is -0.451 e. The van der Waals surface area contributed by atoms with E-state index >= 15 is 0 Å². The molecule has 0 atom stereocenters. The van der Waals surface area contributed by atoms with Crippen LogP contribution in [-0.4, -0.2) is 5.97 Å². The lowest BCUT2D eigenvalue weighted by molar-refractivity contribution is -0.152. The Morgan fingerprint density at radius 3 is 2.31 bits per heavy atom. The van der Waals surface area contributed by atoms with E-state index in [9.17, 15) is 4.79 Å². The second-order valence-electron chi connectivity index (χ2n) is 4.24. The van der Waals surface area contributed by atoms with Crippen molar-refractivity contribution in [3.63, 3.8) is 0 Å². The van der Waals surface area contributed by atoms with E-state index in [-0.39, 0.29) is 5.97 Å². The van der Waals surface area contributed by atoms with Gasteiger partial charge in [-0.15, -0.1) is 0 Å². The third kappa shape index (κ3) is 2.96. The Bertz CT molecular complexity index is 388. The Morgan fingerprint density at radius 1 is 1.25 bits per heavy atom. The number of rotatable bonds is 3. The topological polar surface area (TPSA) is 26.3 Å². The first-order valence-electron chi connectivity index (χ1n) is 5.39. The standard InChI is InChI=1S/C14H18O2/c1-5-11(2)13(15)16-14(3,4)12-9-7-6-8-10-12/h5-10H,1-4H3/b11-5+. The fraction of sp³-hybridized carbons (Fsp3) is 0.357. The number of allylic oxidation sites excluding steroid dienone is 1. The van der Waals surface area contributed by atoms with Gasteiger partial charge in [-0.2, -0.15) is 0 Å². The lowest BCUT2D eigenvalue weighted by Gasteiger charge is -2.25. The van der Waals surface area contributed by atoms with E-state index in [0.717, 1.165) is 5.56 Å². The highest BCUT2D eigenvalue weighted by atomic mass is 16.6. The molecule has 16 heavy (non-hydrogen) atoms. The van der Waals surface area contributed by atoms with E-state index in [1.54, 1.807) is 13.0 Å². The molecule has 0 aliphatic rings. The molecule has 1 aromatic carbocycles. The van der Waals surface area contributed by atoms with Gasteiger partial charge in [0, 0.05) is 5.57 Å². The third-order valence-electron chi connectivity index (χ3n) is 2.57. The highest BCUT2D eigenvalue weighted by Gasteiger charge is 2.25.